The SMILES string of the molecule is CCONCCCC=C1C(=O)CC(C2=CCCS(=O)(=O)C2)CC1=O. The topological polar surface area (TPSA) is 89.5 Å². The lowest BCUT2D eigenvalue weighted by atomic mass is 9.79. The molecule has 2 aliphatic rings. The zero-order valence-corrected chi connectivity index (χ0v) is 14.9. The molecule has 1 aliphatic carbocycles. The first-order valence-electron chi connectivity index (χ1n) is 8.43. The highest BCUT2D eigenvalue weighted by Gasteiger charge is 2.34. The van der Waals surface area contributed by atoms with E-state index in [9.17, 15) is 18.0 Å². The highest BCUT2D eigenvalue weighted by Crippen LogP contribution is 2.31. The van der Waals surface area contributed by atoms with Crippen molar-refractivity contribution in [3.05, 3.63) is 23.3 Å². The molecule has 0 aromatic carbocycles. The van der Waals surface area contributed by atoms with Crippen molar-refractivity contribution in [3.8, 4) is 0 Å². The lowest BCUT2D eigenvalue weighted by Crippen LogP contribution is -2.30. The Balaban J connectivity index is 1.91. The second kappa shape index (κ2) is 8.69. The predicted molar refractivity (Wildman–Crippen MR) is 91.0 cm³/mol. The number of rotatable bonds is 7. The van der Waals surface area contributed by atoms with Crippen molar-refractivity contribution in [1.29, 1.82) is 0 Å². The molecule has 0 amide bonds. The van der Waals surface area contributed by atoms with Gasteiger partial charge in [-0.15, -0.1) is 0 Å². The molecule has 0 bridgehead atoms. The molecule has 1 aliphatic heterocycles. The van der Waals surface area contributed by atoms with Crippen LogP contribution < -0.4 is 5.48 Å². The minimum atomic E-state index is -3.08. The van der Waals surface area contributed by atoms with Gasteiger partial charge in [0.1, 0.15) is 0 Å². The minimum absolute atomic E-state index is 0.0135. The van der Waals surface area contributed by atoms with Crippen LogP contribution >= 0.6 is 0 Å². The fourth-order valence-corrected chi connectivity index (χ4v) is 4.56. The molecule has 0 radical (unpaired) electrons. The van der Waals surface area contributed by atoms with Gasteiger partial charge < -0.3 is 4.84 Å². The van der Waals surface area contributed by atoms with E-state index in [1.165, 1.54) is 0 Å². The molecule has 1 heterocycles. The Morgan fingerprint density at radius 2 is 2.00 bits per heavy atom. The molecule has 24 heavy (non-hydrogen) atoms. The molecule has 1 saturated carbocycles. The molecular formula is C17H25NO5S. The van der Waals surface area contributed by atoms with Crippen LogP contribution in [-0.2, 0) is 24.3 Å². The molecule has 0 spiro atoms. The summed E-state index contributed by atoms with van der Waals surface area (Å²) in [5.74, 6) is -0.445. The van der Waals surface area contributed by atoms with Gasteiger partial charge in [0.05, 0.1) is 23.7 Å². The Labute approximate surface area is 143 Å². The number of allylic oxidation sites excluding steroid dienone is 3. The number of sulfone groups is 1. The summed E-state index contributed by atoms with van der Waals surface area (Å²) in [6.45, 7) is 3.14. The van der Waals surface area contributed by atoms with Crippen LogP contribution in [0, 0.1) is 5.92 Å². The van der Waals surface area contributed by atoms with Crippen LogP contribution in [-0.4, -0.2) is 44.6 Å². The largest absolute Gasteiger partial charge is 0.302 e. The second-order valence-corrected chi connectivity index (χ2v) is 8.38. The normalized spacial score (nSPS) is 24.0. The Morgan fingerprint density at radius 3 is 2.62 bits per heavy atom. The third-order valence-corrected chi connectivity index (χ3v) is 5.92. The molecular weight excluding hydrogens is 330 g/mol. The van der Waals surface area contributed by atoms with Crippen molar-refractivity contribution < 1.29 is 22.8 Å². The fourth-order valence-electron chi connectivity index (χ4n) is 3.07. The standard InChI is InChI=1S/C17H25NO5S/c1-2-23-18-8-4-3-7-15-16(19)10-14(11-17(15)20)13-6-5-9-24(21,22)12-13/h6-7,14,18H,2-5,8-12H2,1H3. The van der Waals surface area contributed by atoms with Crippen molar-refractivity contribution in [2.24, 2.45) is 5.92 Å². The van der Waals surface area contributed by atoms with Crippen molar-refractivity contribution in [2.45, 2.75) is 39.0 Å². The number of Topliss-reactive ketones (excluding diaryl/α,β-unsaturated/α-hetero) is 2. The Morgan fingerprint density at radius 1 is 1.29 bits per heavy atom. The smallest absolute Gasteiger partial charge is 0.166 e. The van der Waals surface area contributed by atoms with Gasteiger partial charge in [-0.25, -0.2) is 13.9 Å². The Kier molecular flexibility index (Phi) is 6.89. The third kappa shape index (κ3) is 5.36. The van der Waals surface area contributed by atoms with Crippen molar-refractivity contribution >= 4 is 21.4 Å². The Hall–Kier alpha value is -1.31. The second-order valence-electron chi connectivity index (χ2n) is 6.20. The number of carbonyl (C=O) groups is 2. The van der Waals surface area contributed by atoms with Crippen molar-refractivity contribution in [1.82, 2.24) is 5.48 Å². The van der Waals surface area contributed by atoms with E-state index in [0.717, 1.165) is 12.0 Å². The maximum Gasteiger partial charge on any atom is 0.166 e. The first-order valence-corrected chi connectivity index (χ1v) is 10.3. The van der Waals surface area contributed by atoms with E-state index in [-0.39, 0.29) is 47.4 Å². The zero-order chi connectivity index (χ0) is 17.6. The van der Waals surface area contributed by atoms with Crippen LogP contribution in [0.3, 0.4) is 0 Å². The monoisotopic (exact) mass is 355 g/mol. The van der Waals surface area contributed by atoms with Crippen LogP contribution in [0.25, 0.3) is 0 Å². The number of hydrogen-bond donors (Lipinski definition) is 1. The number of nitrogens with one attached hydrogen (secondary N) is 1. The molecule has 0 aromatic heterocycles. The average molecular weight is 355 g/mol. The summed E-state index contributed by atoms with van der Waals surface area (Å²) in [6, 6.07) is 0. The van der Waals surface area contributed by atoms with E-state index in [1.807, 2.05) is 13.0 Å². The molecule has 0 unspecified atom stereocenters. The van der Waals surface area contributed by atoms with Gasteiger partial charge in [0.2, 0.25) is 0 Å². The predicted octanol–water partition coefficient (Wildman–Crippen LogP) is 1.53. The number of carbonyl (C=O) groups excluding carboxylic acids is 2. The van der Waals surface area contributed by atoms with Gasteiger partial charge in [-0.2, -0.15) is 0 Å². The van der Waals surface area contributed by atoms with Gasteiger partial charge in [0, 0.05) is 19.4 Å². The number of hydrogen-bond acceptors (Lipinski definition) is 6. The lowest BCUT2D eigenvalue weighted by Gasteiger charge is -2.26. The van der Waals surface area contributed by atoms with E-state index in [1.54, 1.807) is 6.08 Å². The minimum Gasteiger partial charge on any atom is -0.302 e. The van der Waals surface area contributed by atoms with Crippen LogP contribution in [0.15, 0.2) is 23.3 Å². The van der Waals surface area contributed by atoms with Crippen LogP contribution in [0.4, 0.5) is 0 Å². The number of unbranched alkanes of at least 4 members (excludes halogenated alkanes) is 1. The van der Waals surface area contributed by atoms with Gasteiger partial charge in [0.15, 0.2) is 21.4 Å². The molecule has 0 saturated heterocycles. The average Bonchev–Trinajstić information content (AvgIpc) is 2.51. The third-order valence-electron chi connectivity index (χ3n) is 4.29. The maximum atomic E-state index is 12.3. The Bertz CT molecular complexity index is 628. The summed E-state index contributed by atoms with van der Waals surface area (Å²) in [5.41, 5.74) is 3.81. The summed E-state index contributed by atoms with van der Waals surface area (Å²) in [6.07, 6.45) is 5.95. The van der Waals surface area contributed by atoms with Crippen LogP contribution in [0.2, 0.25) is 0 Å². The van der Waals surface area contributed by atoms with Crippen LogP contribution in [0.1, 0.15) is 39.0 Å². The summed E-state index contributed by atoms with van der Waals surface area (Å²) >= 11 is 0. The fraction of sp³-hybridized carbons (Fsp3) is 0.647. The molecule has 1 fully saturated rings. The highest BCUT2D eigenvalue weighted by molar-refractivity contribution is 7.91. The van der Waals surface area contributed by atoms with Gasteiger partial charge >= 0.3 is 0 Å². The van der Waals surface area contributed by atoms with E-state index < -0.39 is 9.84 Å². The maximum absolute atomic E-state index is 12.3. The number of hydroxylamine groups is 1. The van der Waals surface area contributed by atoms with Gasteiger partial charge in [-0.3, -0.25) is 9.59 Å². The van der Waals surface area contributed by atoms with E-state index in [0.29, 0.717) is 26.0 Å². The summed E-state index contributed by atoms with van der Waals surface area (Å²) in [4.78, 5) is 29.6. The first kappa shape index (κ1) is 19.0. The zero-order valence-electron chi connectivity index (χ0n) is 14.0. The van der Waals surface area contributed by atoms with Gasteiger partial charge in [-0.1, -0.05) is 17.7 Å². The number of ketones is 2. The molecule has 0 aromatic rings. The quantitative estimate of drug-likeness (QED) is 0.245. The summed E-state index contributed by atoms with van der Waals surface area (Å²) < 4.78 is 23.5. The van der Waals surface area contributed by atoms with Gasteiger partial charge in [0.25, 0.3) is 0 Å². The summed E-state index contributed by atoms with van der Waals surface area (Å²) in [5, 5.41) is 0. The van der Waals surface area contributed by atoms with E-state index in [2.05, 4.69) is 5.48 Å². The first-order chi connectivity index (χ1) is 11.4. The van der Waals surface area contributed by atoms with Gasteiger partial charge in [-0.05, 0) is 32.1 Å². The molecule has 6 nitrogen and oxygen atoms in total. The van der Waals surface area contributed by atoms with E-state index >= 15 is 0 Å². The molecule has 2 rings (SSSR count). The molecule has 134 valence electrons. The van der Waals surface area contributed by atoms with E-state index in [4.69, 9.17) is 4.84 Å². The van der Waals surface area contributed by atoms with Crippen molar-refractivity contribution in [3.63, 3.8) is 0 Å². The highest BCUT2D eigenvalue weighted by atomic mass is 32.2. The summed E-state index contributed by atoms with van der Waals surface area (Å²) in [7, 11) is -3.08. The van der Waals surface area contributed by atoms with Crippen LogP contribution in [0.5, 0.6) is 0 Å². The lowest BCUT2D eigenvalue weighted by molar-refractivity contribution is -0.125. The molecule has 1 N–H and O–H groups in total. The molecule has 7 heteroatoms. The van der Waals surface area contributed by atoms with Crippen molar-refractivity contribution in [2.75, 3.05) is 24.7 Å². The molecule has 0 atom stereocenters.